The standard InChI is InChI=1S/C24H21BrN2O4/c1-4-10-31-23-20(25)11-16(12-22(23)30-5-2)15-26-27-24(28)19-13-17-8-6-7-9-18(17)14-21(19)29-3/h1,6-9,11-15H,5,10H2,2-3H3,(H,27,28). The third-order valence-electron chi connectivity index (χ3n) is 4.32. The predicted molar refractivity (Wildman–Crippen MR) is 125 cm³/mol. The number of nitrogens with one attached hydrogen (secondary N) is 1. The second-order valence-corrected chi connectivity index (χ2v) is 7.21. The summed E-state index contributed by atoms with van der Waals surface area (Å²) in [4.78, 5) is 12.7. The number of methoxy groups -OCH3 is 1. The molecule has 0 bridgehead atoms. The molecule has 0 saturated heterocycles. The van der Waals surface area contributed by atoms with Crippen molar-refractivity contribution in [3.63, 3.8) is 0 Å². The fourth-order valence-electron chi connectivity index (χ4n) is 2.97. The van der Waals surface area contributed by atoms with Crippen LogP contribution in [0.25, 0.3) is 10.8 Å². The lowest BCUT2D eigenvalue weighted by Gasteiger charge is -2.13. The first kappa shape index (κ1) is 22.2. The molecule has 0 aliphatic heterocycles. The number of terminal acetylenes is 1. The molecule has 3 aromatic rings. The molecule has 0 unspecified atom stereocenters. The van der Waals surface area contributed by atoms with Gasteiger partial charge in [-0.2, -0.15) is 5.10 Å². The van der Waals surface area contributed by atoms with Gasteiger partial charge in [0.2, 0.25) is 0 Å². The number of fused-ring (bicyclic) bond motifs is 1. The third kappa shape index (κ3) is 5.36. The summed E-state index contributed by atoms with van der Waals surface area (Å²) in [5.41, 5.74) is 3.64. The van der Waals surface area contributed by atoms with Gasteiger partial charge in [-0.3, -0.25) is 4.79 Å². The van der Waals surface area contributed by atoms with Gasteiger partial charge in [0, 0.05) is 0 Å². The molecule has 1 amide bonds. The monoisotopic (exact) mass is 480 g/mol. The maximum atomic E-state index is 12.7. The van der Waals surface area contributed by atoms with E-state index in [0.29, 0.717) is 39.5 Å². The summed E-state index contributed by atoms with van der Waals surface area (Å²) in [5, 5.41) is 6.00. The van der Waals surface area contributed by atoms with E-state index in [-0.39, 0.29) is 12.5 Å². The molecule has 0 saturated carbocycles. The summed E-state index contributed by atoms with van der Waals surface area (Å²) in [6.45, 7) is 2.45. The van der Waals surface area contributed by atoms with Crippen molar-refractivity contribution in [2.75, 3.05) is 20.3 Å². The quantitative estimate of drug-likeness (QED) is 0.286. The molecule has 0 radical (unpaired) electrons. The minimum atomic E-state index is -0.378. The van der Waals surface area contributed by atoms with Crippen molar-refractivity contribution in [3.05, 3.63) is 64.1 Å². The number of rotatable bonds is 8. The van der Waals surface area contributed by atoms with Crippen molar-refractivity contribution in [1.29, 1.82) is 0 Å². The van der Waals surface area contributed by atoms with Crippen molar-refractivity contribution < 1.29 is 19.0 Å². The highest BCUT2D eigenvalue weighted by Crippen LogP contribution is 2.36. The topological polar surface area (TPSA) is 69.2 Å². The zero-order valence-corrected chi connectivity index (χ0v) is 18.7. The second kappa shape index (κ2) is 10.5. The van der Waals surface area contributed by atoms with Crippen LogP contribution in [0.2, 0.25) is 0 Å². The third-order valence-corrected chi connectivity index (χ3v) is 4.91. The smallest absolute Gasteiger partial charge is 0.275 e. The lowest BCUT2D eigenvalue weighted by atomic mass is 10.1. The van der Waals surface area contributed by atoms with Crippen molar-refractivity contribution in [2.45, 2.75) is 6.92 Å². The largest absolute Gasteiger partial charge is 0.496 e. The van der Waals surface area contributed by atoms with E-state index in [9.17, 15) is 4.79 Å². The molecule has 0 atom stereocenters. The zero-order valence-electron chi connectivity index (χ0n) is 17.1. The molecule has 0 spiro atoms. The zero-order chi connectivity index (χ0) is 22.2. The highest BCUT2D eigenvalue weighted by molar-refractivity contribution is 9.10. The first-order valence-electron chi connectivity index (χ1n) is 9.50. The normalized spacial score (nSPS) is 10.6. The maximum absolute atomic E-state index is 12.7. The van der Waals surface area contributed by atoms with Crippen LogP contribution in [0.3, 0.4) is 0 Å². The maximum Gasteiger partial charge on any atom is 0.275 e. The van der Waals surface area contributed by atoms with Gasteiger partial charge >= 0.3 is 0 Å². The van der Waals surface area contributed by atoms with Crippen molar-refractivity contribution in [3.8, 4) is 29.6 Å². The van der Waals surface area contributed by atoms with Crippen LogP contribution in [0, 0.1) is 12.3 Å². The summed E-state index contributed by atoms with van der Waals surface area (Å²) in [5.74, 6) is 3.56. The summed E-state index contributed by atoms with van der Waals surface area (Å²) >= 11 is 3.46. The van der Waals surface area contributed by atoms with E-state index >= 15 is 0 Å². The first-order valence-corrected chi connectivity index (χ1v) is 10.3. The number of ether oxygens (including phenoxy) is 3. The number of benzene rings is 3. The van der Waals surface area contributed by atoms with Crippen LogP contribution in [0.15, 0.2) is 58.1 Å². The Morgan fingerprint density at radius 3 is 2.58 bits per heavy atom. The van der Waals surface area contributed by atoms with Crippen LogP contribution in [-0.4, -0.2) is 32.4 Å². The van der Waals surface area contributed by atoms with Crippen LogP contribution in [0.5, 0.6) is 17.2 Å². The number of halogens is 1. The SMILES string of the molecule is C#CCOc1c(Br)cc(C=NNC(=O)c2cc3ccccc3cc2OC)cc1OCC. The summed E-state index contributed by atoms with van der Waals surface area (Å²) in [6, 6.07) is 14.9. The van der Waals surface area contributed by atoms with Gasteiger partial charge in [-0.1, -0.05) is 30.2 Å². The molecule has 158 valence electrons. The average Bonchev–Trinajstić information content (AvgIpc) is 2.77. The Kier molecular flexibility index (Phi) is 7.52. The molecule has 31 heavy (non-hydrogen) atoms. The number of amides is 1. The number of hydrogen-bond acceptors (Lipinski definition) is 5. The van der Waals surface area contributed by atoms with Crippen LogP contribution < -0.4 is 19.6 Å². The number of nitrogens with zero attached hydrogens (tertiary/aromatic N) is 1. The molecule has 6 nitrogen and oxygen atoms in total. The van der Waals surface area contributed by atoms with Gasteiger partial charge in [-0.15, -0.1) is 6.42 Å². The average molecular weight is 481 g/mol. The Balaban J connectivity index is 1.81. The molecule has 0 fully saturated rings. The molecule has 3 rings (SSSR count). The lowest BCUT2D eigenvalue weighted by Crippen LogP contribution is -2.18. The summed E-state index contributed by atoms with van der Waals surface area (Å²) in [7, 11) is 1.53. The molecule has 0 heterocycles. The van der Waals surface area contributed by atoms with Gasteiger partial charge in [0.1, 0.15) is 12.4 Å². The van der Waals surface area contributed by atoms with Crippen molar-refractivity contribution in [2.24, 2.45) is 5.10 Å². The van der Waals surface area contributed by atoms with Gasteiger partial charge in [0.25, 0.3) is 5.91 Å². The highest BCUT2D eigenvalue weighted by Gasteiger charge is 2.14. The van der Waals surface area contributed by atoms with E-state index in [1.807, 2.05) is 37.3 Å². The number of carbonyl (C=O) groups excluding carboxylic acids is 1. The fraction of sp³-hybridized carbons (Fsp3) is 0.167. The Hall–Kier alpha value is -3.50. The van der Waals surface area contributed by atoms with E-state index in [0.717, 1.165) is 10.8 Å². The molecule has 0 aliphatic carbocycles. The Morgan fingerprint density at radius 1 is 1.16 bits per heavy atom. The van der Waals surface area contributed by atoms with Crippen LogP contribution in [0.4, 0.5) is 0 Å². The molecule has 1 N–H and O–H groups in total. The van der Waals surface area contributed by atoms with Crippen LogP contribution in [-0.2, 0) is 0 Å². The van der Waals surface area contributed by atoms with E-state index in [4.69, 9.17) is 20.6 Å². The Labute approximate surface area is 189 Å². The van der Waals surface area contributed by atoms with Crippen molar-refractivity contribution in [1.82, 2.24) is 5.43 Å². The molecule has 0 aromatic heterocycles. The Morgan fingerprint density at radius 2 is 1.90 bits per heavy atom. The fourth-order valence-corrected chi connectivity index (χ4v) is 3.54. The second-order valence-electron chi connectivity index (χ2n) is 6.35. The van der Waals surface area contributed by atoms with Gasteiger partial charge in [-0.05, 0) is 63.5 Å². The van der Waals surface area contributed by atoms with Gasteiger partial charge in [-0.25, -0.2) is 5.43 Å². The van der Waals surface area contributed by atoms with Gasteiger partial charge in [0.05, 0.1) is 30.0 Å². The van der Waals surface area contributed by atoms with Crippen molar-refractivity contribution >= 4 is 38.8 Å². The van der Waals surface area contributed by atoms with Gasteiger partial charge < -0.3 is 14.2 Å². The number of hydrogen-bond donors (Lipinski definition) is 1. The van der Waals surface area contributed by atoms with E-state index < -0.39 is 0 Å². The first-order chi connectivity index (χ1) is 15.1. The molecular formula is C24H21BrN2O4. The minimum absolute atomic E-state index is 0.121. The predicted octanol–water partition coefficient (Wildman–Crippen LogP) is 4.79. The molecule has 7 heteroatoms. The lowest BCUT2D eigenvalue weighted by molar-refractivity contribution is 0.0952. The van der Waals surface area contributed by atoms with E-state index in [2.05, 4.69) is 32.4 Å². The number of carbonyl (C=O) groups is 1. The Bertz CT molecular complexity index is 1170. The van der Waals surface area contributed by atoms with Crippen LogP contribution in [0.1, 0.15) is 22.8 Å². The van der Waals surface area contributed by atoms with Crippen LogP contribution >= 0.6 is 15.9 Å². The minimum Gasteiger partial charge on any atom is -0.496 e. The van der Waals surface area contributed by atoms with E-state index in [1.165, 1.54) is 13.3 Å². The molecular weight excluding hydrogens is 460 g/mol. The highest BCUT2D eigenvalue weighted by atomic mass is 79.9. The van der Waals surface area contributed by atoms with E-state index in [1.54, 1.807) is 18.2 Å². The number of hydrazone groups is 1. The van der Waals surface area contributed by atoms with Gasteiger partial charge in [0.15, 0.2) is 11.5 Å². The summed E-state index contributed by atoms with van der Waals surface area (Å²) < 4.78 is 17.2. The molecule has 0 aliphatic rings. The molecule has 3 aromatic carbocycles. The summed E-state index contributed by atoms with van der Waals surface area (Å²) in [6.07, 6.45) is 6.79.